The van der Waals surface area contributed by atoms with Crippen molar-refractivity contribution >= 4 is 11.6 Å². The van der Waals surface area contributed by atoms with Gasteiger partial charge in [-0.15, -0.1) is 0 Å². The minimum absolute atomic E-state index is 0.303. The molecule has 0 heterocycles. The first kappa shape index (κ1) is 14.6. The molecule has 0 radical (unpaired) electrons. The lowest BCUT2D eigenvalue weighted by atomic mass is 10.2. The van der Waals surface area contributed by atoms with Crippen molar-refractivity contribution in [3.8, 4) is 5.75 Å². The van der Waals surface area contributed by atoms with Crippen molar-refractivity contribution < 1.29 is 9.84 Å². The highest BCUT2D eigenvalue weighted by Crippen LogP contribution is 2.33. The van der Waals surface area contributed by atoms with Crippen LogP contribution in [0, 0.1) is 5.92 Å². The van der Waals surface area contributed by atoms with E-state index in [0.29, 0.717) is 18.2 Å². The SMILES string of the molecule is OC(CNCCCC1CC1)COc1ccc(Cl)cc1. The highest BCUT2D eigenvalue weighted by molar-refractivity contribution is 6.30. The van der Waals surface area contributed by atoms with Gasteiger partial charge in [0.05, 0.1) is 0 Å². The minimum atomic E-state index is -0.475. The Morgan fingerprint density at radius 2 is 2.05 bits per heavy atom. The van der Waals surface area contributed by atoms with E-state index in [1.54, 1.807) is 24.3 Å². The van der Waals surface area contributed by atoms with Crippen LogP contribution in [0.1, 0.15) is 25.7 Å². The summed E-state index contributed by atoms with van der Waals surface area (Å²) in [4.78, 5) is 0. The maximum absolute atomic E-state index is 9.77. The summed E-state index contributed by atoms with van der Waals surface area (Å²) < 4.78 is 5.48. The van der Waals surface area contributed by atoms with Crippen LogP contribution in [0.4, 0.5) is 0 Å². The fourth-order valence-electron chi connectivity index (χ4n) is 1.97. The van der Waals surface area contributed by atoms with E-state index in [2.05, 4.69) is 5.32 Å². The molecule has 1 aromatic carbocycles. The standard InChI is InChI=1S/C15H22ClNO2/c16-13-5-7-15(8-6-13)19-11-14(18)10-17-9-1-2-12-3-4-12/h5-8,12,14,17-18H,1-4,9-11H2. The Hall–Kier alpha value is -0.770. The zero-order chi connectivity index (χ0) is 13.5. The monoisotopic (exact) mass is 283 g/mol. The molecule has 0 bridgehead atoms. The van der Waals surface area contributed by atoms with Gasteiger partial charge in [-0.3, -0.25) is 0 Å². The van der Waals surface area contributed by atoms with E-state index in [1.165, 1.54) is 25.7 Å². The number of ether oxygens (including phenoxy) is 1. The first-order valence-electron chi connectivity index (χ1n) is 7.01. The Balaban J connectivity index is 1.51. The number of nitrogens with one attached hydrogen (secondary N) is 1. The lowest BCUT2D eigenvalue weighted by molar-refractivity contribution is 0.106. The lowest BCUT2D eigenvalue weighted by Crippen LogP contribution is -2.32. The molecule has 2 rings (SSSR count). The van der Waals surface area contributed by atoms with Gasteiger partial charge >= 0.3 is 0 Å². The molecule has 1 saturated carbocycles. The van der Waals surface area contributed by atoms with E-state index in [4.69, 9.17) is 16.3 Å². The fourth-order valence-corrected chi connectivity index (χ4v) is 2.10. The number of benzene rings is 1. The maximum Gasteiger partial charge on any atom is 0.119 e. The predicted molar refractivity (Wildman–Crippen MR) is 77.8 cm³/mol. The van der Waals surface area contributed by atoms with Crippen LogP contribution >= 0.6 is 11.6 Å². The summed E-state index contributed by atoms with van der Waals surface area (Å²) >= 11 is 5.78. The van der Waals surface area contributed by atoms with E-state index in [0.717, 1.165) is 18.2 Å². The molecular weight excluding hydrogens is 262 g/mol. The summed E-state index contributed by atoms with van der Waals surface area (Å²) in [6.07, 6.45) is 4.88. The van der Waals surface area contributed by atoms with Gasteiger partial charge in [0, 0.05) is 11.6 Å². The second-order valence-electron chi connectivity index (χ2n) is 5.21. The van der Waals surface area contributed by atoms with Crippen molar-refractivity contribution in [2.75, 3.05) is 19.7 Å². The number of hydrogen-bond acceptors (Lipinski definition) is 3. The molecule has 19 heavy (non-hydrogen) atoms. The molecule has 1 aliphatic carbocycles. The maximum atomic E-state index is 9.77. The molecule has 1 unspecified atom stereocenters. The number of halogens is 1. The highest BCUT2D eigenvalue weighted by atomic mass is 35.5. The largest absolute Gasteiger partial charge is 0.491 e. The van der Waals surface area contributed by atoms with Gasteiger partial charge in [-0.1, -0.05) is 24.4 Å². The summed E-state index contributed by atoms with van der Waals surface area (Å²) in [6, 6.07) is 7.16. The van der Waals surface area contributed by atoms with Crippen LogP contribution in [0.3, 0.4) is 0 Å². The molecule has 0 spiro atoms. The zero-order valence-corrected chi connectivity index (χ0v) is 11.9. The average molecular weight is 284 g/mol. The summed E-state index contributed by atoms with van der Waals surface area (Å²) in [6.45, 7) is 1.87. The molecular formula is C15H22ClNO2. The van der Waals surface area contributed by atoms with Crippen LogP contribution < -0.4 is 10.1 Å². The Morgan fingerprint density at radius 3 is 2.74 bits per heavy atom. The predicted octanol–water partition coefficient (Wildman–Crippen LogP) is 2.86. The summed E-state index contributed by atoms with van der Waals surface area (Å²) in [5, 5.41) is 13.7. The van der Waals surface area contributed by atoms with Crippen molar-refractivity contribution in [1.29, 1.82) is 0 Å². The van der Waals surface area contributed by atoms with Crippen molar-refractivity contribution in [2.45, 2.75) is 31.8 Å². The quantitative estimate of drug-likeness (QED) is 0.685. The van der Waals surface area contributed by atoms with Gasteiger partial charge in [0.25, 0.3) is 0 Å². The van der Waals surface area contributed by atoms with Crippen LogP contribution in [0.15, 0.2) is 24.3 Å². The molecule has 106 valence electrons. The first-order valence-corrected chi connectivity index (χ1v) is 7.39. The Kier molecular flexibility index (Phi) is 5.95. The van der Waals surface area contributed by atoms with Gasteiger partial charge in [-0.2, -0.15) is 0 Å². The molecule has 3 nitrogen and oxygen atoms in total. The Morgan fingerprint density at radius 1 is 1.32 bits per heavy atom. The van der Waals surface area contributed by atoms with Crippen LogP contribution in [0.2, 0.25) is 5.02 Å². The second kappa shape index (κ2) is 7.73. The molecule has 2 N–H and O–H groups in total. The van der Waals surface area contributed by atoms with Gasteiger partial charge < -0.3 is 15.2 Å². The van der Waals surface area contributed by atoms with Gasteiger partial charge in [-0.25, -0.2) is 0 Å². The normalized spacial score (nSPS) is 16.3. The number of rotatable bonds is 9. The van der Waals surface area contributed by atoms with Crippen molar-refractivity contribution in [1.82, 2.24) is 5.32 Å². The average Bonchev–Trinajstić information content (AvgIpc) is 3.22. The van der Waals surface area contributed by atoms with Gasteiger partial charge in [-0.05, 0) is 49.6 Å². The summed E-state index contributed by atoms with van der Waals surface area (Å²) in [5.41, 5.74) is 0. The van der Waals surface area contributed by atoms with Crippen molar-refractivity contribution in [3.63, 3.8) is 0 Å². The number of hydrogen-bond donors (Lipinski definition) is 2. The van der Waals surface area contributed by atoms with Gasteiger partial charge in [0.2, 0.25) is 0 Å². The van der Waals surface area contributed by atoms with E-state index in [-0.39, 0.29) is 0 Å². The molecule has 0 saturated heterocycles. The van der Waals surface area contributed by atoms with E-state index < -0.39 is 6.10 Å². The van der Waals surface area contributed by atoms with Crippen LogP contribution in [0.25, 0.3) is 0 Å². The molecule has 0 aromatic heterocycles. The number of aliphatic hydroxyl groups excluding tert-OH is 1. The van der Waals surface area contributed by atoms with Gasteiger partial charge in [0.1, 0.15) is 18.5 Å². The molecule has 4 heteroatoms. The summed E-state index contributed by atoms with van der Waals surface area (Å²) in [5.74, 6) is 1.72. The molecule has 1 aliphatic rings. The molecule has 0 aliphatic heterocycles. The Bertz CT molecular complexity index is 365. The molecule has 1 aromatic rings. The number of aliphatic hydroxyl groups is 1. The van der Waals surface area contributed by atoms with Gasteiger partial charge in [0.15, 0.2) is 0 Å². The van der Waals surface area contributed by atoms with Crippen LogP contribution in [-0.4, -0.2) is 30.9 Å². The third-order valence-corrected chi connectivity index (χ3v) is 3.55. The topological polar surface area (TPSA) is 41.5 Å². The third kappa shape index (κ3) is 6.28. The van der Waals surface area contributed by atoms with E-state index in [1.807, 2.05) is 0 Å². The fraction of sp³-hybridized carbons (Fsp3) is 0.600. The second-order valence-corrected chi connectivity index (χ2v) is 5.64. The van der Waals surface area contributed by atoms with Crippen LogP contribution in [-0.2, 0) is 0 Å². The summed E-state index contributed by atoms with van der Waals surface area (Å²) in [7, 11) is 0. The minimum Gasteiger partial charge on any atom is -0.491 e. The van der Waals surface area contributed by atoms with E-state index in [9.17, 15) is 5.11 Å². The van der Waals surface area contributed by atoms with Crippen molar-refractivity contribution in [3.05, 3.63) is 29.3 Å². The first-order chi connectivity index (χ1) is 9.24. The molecule has 1 fully saturated rings. The Labute approximate surface area is 119 Å². The molecule has 0 amide bonds. The zero-order valence-electron chi connectivity index (χ0n) is 11.1. The van der Waals surface area contributed by atoms with Crippen LogP contribution in [0.5, 0.6) is 5.75 Å². The third-order valence-electron chi connectivity index (χ3n) is 3.30. The van der Waals surface area contributed by atoms with Crippen molar-refractivity contribution in [2.24, 2.45) is 5.92 Å². The lowest BCUT2D eigenvalue weighted by Gasteiger charge is -2.13. The smallest absolute Gasteiger partial charge is 0.119 e. The molecule has 1 atom stereocenters. The highest BCUT2D eigenvalue weighted by Gasteiger charge is 2.19. The van der Waals surface area contributed by atoms with E-state index >= 15 is 0 Å².